The van der Waals surface area contributed by atoms with Crippen LogP contribution in [0.1, 0.15) is 38.2 Å². The molecular weight excluding hydrogens is 248 g/mol. The number of rotatable bonds is 2. The van der Waals surface area contributed by atoms with Gasteiger partial charge >= 0.3 is 0 Å². The minimum absolute atomic E-state index is 0.265. The third-order valence-electron chi connectivity index (χ3n) is 4.13. The molecule has 2 heteroatoms. The van der Waals surface area contributed by atoms with Gasteiger partial charge in [-0.05, 0) is 36.5 Å². The van der Waals surface area contributed by atoms with E-state index in [0.29, 0.717) is 0 Å². The molecular formula is C18H22O2. The molecule has 106 valence electrons. The normalized spacial score (nSPS) is 20.9. The van der Waals surface area contributed by atoms with Gasteiger partial charge in [-0.15, -0.1) is 5.73 Å². The molecule has 0 bridgehead atoms. The van der Waals surface area contributed by atoms with Gasteiger partial charge in [0.15, 0.2) is 5.79 Å². The number of allylic oxidation sites excluding steroid dienone is 1. The Balaban J connectivity index is 1.65. The third kappa shape index (κ3) is 3.21. The van der Waals surface area contributed by atoms with E-state index >= 15 is 0 Å². The van der Waals surface area contributed by atoms with Gasteiger partial charge in [-0.2, -0.15) is 0 Å². The highest BCUT2D eigenvalue weighted by Crippen LogP contribution is 2.37. The molecule has 2 aliphatic rings. The lowest BCUT2D eigenvalue weighted by Crippen LogP contribution is -2.32. The van der Waals surface area contributed by atoms with E-state index < -0.39 is 0 Å². The molecule has 1 aromatic carbocycles. The first-order valence-corrected chi connectivity index (χ1v) is 7.52. The summed E-state index contributed by atoms with van der Waals surface area (Å²) in [5.41, 5.74) is 7.69. The molecule has 3 rings (SSSR count). The fourth-order valence-corrected chi connectivity index (χ4v) is 3.09. The maximum Gasteiger partial charge on any atom is 0.169 e. The van der Waals surface area contributed by atoms with Crippen LogP contribution >= 0.6 is 0 Å². The number of ether oxygens (including phenoxy) is 2. The summed E-state index contributed by atoms with van der Waals surface area (Å²) < 4.78 is 11.5. The molecule has 20 heavy (non-hydrogen) atoms. The van der Waals surface area contributed by atoms with Crippen LogP contribution in [0.5, 0.6) is 0 Å². The monoisotopic (exact) mass is 270 g/mol. The van der Waals surface area contributed by atoms with E-state index in [2.05, 4.69) is 43.0 Å². The summed E-state index contributed by atoms with van der Waals surface area (Å²) >= 11 is 0. The molecule has 1 saturated carbocycles. The molecule has 0 aromatic heterocycles. The van der Waals surface area contributed by atoms with E-state index in [0.717, 1.165) is 45.3 Å². The van der Waals surface area contributed by atoms with Crippen LogP contribution in [0, 0.1) is 0 Å². The first kappa shape index (κ1) is 13.6. The average molecular weight is 270 g/mol. The van der Waals surface area contributed by atoms with Crippen molar-refractivity contribution < 1.29 is 9.47 Å². The molecule has 1 heterocycles. The molecule has 0 N–H and O–H groups in total. The predicted octanol–water partition coefficient (Wildman–Crippen LogP) is 4.02. The van der Waals surface area contributed by atoms with Gasteiger partial charge in [-0.1, -0.05) is 30.3 Å². The van der Waals surface area contributed by atoms with Crippen molar-refractivity contribution in [2.24, 2.45) is 0 Å². The fraction of sp³-hybridized carbons (Fsp3) is 0.500. The summed E-state index contributed by atoms with van der Waals surface area (Å²) in [5, 5.41) is 0. The Morgan fingerprint density at radius 2 is 1.75 bits per heavy atom. The number of benzene rings is 1. The molecule has 0 unspecified atom stereocenters. The first-order chi connectivity index (χ1) is 9.76. The molecule has 0 atom stereocenters. The zero-order valence-corrected chi connectivity index (χ0v) is 12.2. The second-order valence-corrected chi connectivity index (χ2v) is 5.78. The van der Waals surface area contributed by atoms with E-state index in [9.17, 15) is 0 Å². The van der Waals surface area contributed by atoms with Crippen molar-refractivity contribution in [2.75, 3.05) is 13.2 Å². The Kier molecular flexibility index (Phi) is 4.07. The zero-order valence-electron chi connectivity index (χ0n) is 12.2. The second kappa shape index (κ2) is 5.97. The van der Waals surface area contributed by atoms with Crippen LogP contribution in [0.25, 0.3) is 0 Å². The topological polar surface area (TPSA) is 18.5 Å². The van der Waals surface area contributed by atoms with Crippen molar-refractivity contribution in [3.8, 4) is 0 Å². The Morgan fingerprint density at radius 1 is 1.10 bits per heavy atom. The van der Waals surface area contributed by atoms with E-state index in [1.165, 1.54) is 16.7 Å². The van der Waals surface area contributed by atoms with Gasteiger partial charge < -0.3 is 9.47 Å². The van der Waals surface area contributed by atoms with E-state index in [4.69, 9.17) is 9.47 Å². The van der Waals surface area contributed by atoms with Crippen LogP contribution in [0.15, 0.2) is 47.2 Å². The van der Waals surface area contributed by atoms with Crippen molar-refractivity contribution >= 4 is 0 Å². The second-order valence-electron chi connectivity index (χ2n) is 5.78. The zero-order chi connectivity index (χ0) is 13.8. The Hall–Kier alpha value is -1.34. The van der Waals surface area contributed by atoms with Crippen LogP contribution in [-0.2, 0) is 15.9 Å². The van der Waals surface area contributed by atoms with Gasteiger partial charge in [-0.25, -0.2) is 0 Å². The smallest absolute Gasteiger partial charge is 0.169 e. The van der Waals surface area contributed by atoms with Gasteiger partial charge in [0.25, 0.3) is 0 Å². The van der Waals surface area contributed by atoms with Crippen LogP contribution in [0.2, 0.25) is 0 Å². The Morgan fingerprint density at radius 3 is 2.40 bits per heavy atom. The molecule has 1 spiro atoms. The lowest BCUT2D eigenvalue weighted by Gasteiger charge is -2.31. The van der Waals surface area contributed by atoms with E-state index in [1.807, 2.05) is 0 Å². The average Bonchev–Trinajstić information content (AvgIpc) is 2.91. The third-order valence-corrected chi connectivity index (χ3v) is 4.13. The van der Waals surface area contributed by atoms with Crippen molar-refractivity contribution in [1.29, 1.82) is 0 Å². The van der Waals surface area contributed by atoms with Crippen LogP contribution < -0.4 is 0 Å². The van der Waals surface area contributed by atoms with Crippen LogP contribution in [0.3, 0.4) is 0 Å². The summed E-state index contributed by atoms with van der Waals surface area (Å²) in [6.07, 6.45) is 5.04. The van der Waals surface area contributed by atoms with Crippen molar-refractivity contribution in [3.05, 3.63) is 52.8 Å². The summed E-state index contributed by atoms with van der Waals surface area (Å²) in [6.45, 7) is 3.68. The molecule has 2 nitrogen and oxygen atoms in total. The lowest BCUT2D eigenvalue weighted by molar-refractivity contribution is -0.171. The summed E-state index contributed by atoms with van der Waals surface area (Å²) in [5.74, 6) is -0.265. The van der Waals surface area contributed by atoms with Crippen LogP contribution in [-0.4, -0.2) is 19.0 Å². The standard InChI is InChI=1S/C18H22O2/c1-15(13-16-5-3-2-4-6-16)14-17-7-9-18(10-8-17)19-11-12-20-18/h2-6H,7-13H2,1H3. The Bertz CT molecular complexity index is 506. The van der Waals surface area contributed by atoms with Gasteiger partial charge in [0.05, 0.1) is 13.2 Å². The molecule has 1 saturated heterocycles. The maximum absolute atomic E-state index is 5.76. The van der Waals surface area contributed by atoms with E-state index in [-0.39, 0.29) is 5.79 Å². The first-order valence-electron chi connectivity index (χ1n) is 7.52. The highest BCUT2D eigenvalue weighted by molar-refractivity contribution is 5.22. The molecule has 0 amide bonds. The summed E-state index contributed by atoms with van der Waals surface area (Å²) in [4.78, 5) is 0. The maximum atomic E-state index is 5.76. The highest BCUT2D eigenvalue weighted by atomic mass is 16.7. The van der Waals surface area contributed by atoms with Crippen molar-refractivity contribution in [2.45, 2.75) is 44.8 Å². The van der Waals surface area contributed by atoms with Crippen molar-refractivity contribution in [3.63, 3.8) is 0 Å². The fourth-order valence-electron chi connectivity index (χ4n) is 3.09. The highest BCUT2D eigenvalue weighted by Gasteiger charge is 2.38. The van der Waals surface area contributed by atoms with E-state index in [1.54, 1.807) is 0 Å². The van der Waals surface area contributed by atoms with Crippen LogP contribution in [0.4, 0.5) is 0 Å². The number of hydrogen-bond donors (Lipinski definition) is 0. The number of hydrogen-bond acceptors (Lipinski definition) is 2. The molecule has 1 aromatic rings. The molecule has 1 aliphatic carbocycles. The predicted molar refractivity (Wildman–Crippen MR) is 79.5 cm³/mol. The minimum Gasteiger partial charge on any atom is -0.348 e. The molecule has 2 fully saturated rings. The minimum atomic E-state index is -0.265. The molecule has 1 aliphatic heterocycles. The lowest BCUT2D eigenvalue weighted by atomic mass is 9.89. The van der Waals surface area contributed by atoms with Gasteiger partial charge in [0.2, 0.25) is 0 Å². The van der Waals surface area contributed by atoms with Gasteiger partial charge in [0.1, 0.15) is 0 Å². The van der Waals surface area contributed by atoms with Crippen molar-refractivity contribution in [1.82, 2.24) is 0 Å². The van der Waals surface area contributed by atoms with Gasteiger partial charge in [-0.3, -0.25) is 0 Å². The SMILES string of the molecule is CC(=C=C1CCC2(CC1)OCCO2)Cc1ccccc1. The van der Waals surface area contributed by atoms with Gasteiger partial charge in [0, 0.05) is 19.3 Å². The Labute approximate surface area is 121 Å². The molecule has 0 radical (unpaired) electrons. The quantitative estimate of drug-likeness (QED) is 0.756. The summed E-state index contributed by atoms with van der Waals surface area (Å²) in [7, 11) is 0. The summed E-state index contributed by atoms with van der Waals surface area (Å²) in [6, 6.07) is 10.6. The largest absolute Gasteiger partial charge is 0.348 e.